The molecule has 1 saturated heterocycles. The maximum atomic E-state index is 13.1. The molecule has 0 unspecified atom stereocenters. The van der Waals surface area contributed by atoms with Crippen molar-refractivity contribution in [3.05, 3.63) is 56.9 Å². The highest BCUT2D eigenvalue weighted by Gasteiger charge is 2.30. The Bertz CT molecular complexity index is 1180. The van der Waals surface area contributed by atoms with E-state index in [0.29, 0.717) is 36.8 Å². The Hall–Kier alpha value is -2.08. The van der Waals surface area contributed by atoms with Gasteiger partial charge in [-0.3, -0.25) is 4.79 Å². The molecule has 0 bridgehead atoms. The van der Waals surface area contributed by atoms with E-state index in [1.54, 1.807) is 24.4 Å². The van der Waals surface area contributed by atoms with Crippen LogP contribution in [0.3, 0.4) is 0 Å². The molecule has 0 aliphatic carbocycles. The molecule has 1 N–H and O–H groups in total. The number of nitrogens with one attached hydrogen (secondary N) is 1. The van der Waals surface area contributed by atoms with Crippen molar-refractivity contribution < 1.29 is 8.42 Å². The molecule has 4 heterocycles. The molecule has 1 aliphatic rings. The van der Waals surface area contributed by atoms with Gasteiger partial charge in [-0.2, -0.15) is 9.40 Å². The zero-order valence-corrected chi connectivity index (χ0v) is 18.7. The zero-order chi connectivity index (χ0) is 20.6. The predicted octanol–water partition coefficient (Wildman–Crippen LogP) is 2.48. The van der Waals surface area contributed by atoms with E-state index in [1.807, 2.05) is 13.0 Å². The molecule has 29 heavy (non-hydrogen) atoms. The van der Waals surface area contributed by atoms with Gasteiger partial charge in [-0.15, -0.1) is 11.3 Å². The third-order valence-electron chi connectivity index (χ3n) is 4.66. The topological polar surface area (TPSA) is 99.3 Å². The lowest BCUT2D eigenvalue weighted by molar-refractivity contribution is 0.384. The van der Waals surface area contributed by atoms with Crippen molar-refractivity contribution in [2.45, 2.75) is 11.1 Å². The first-order valence-electron chi connectivity index (χ1n) is 8.88. The lowest BCUT2D eigenvalue weighted by atomic mass is 10.2. The van der Waals surface area contributed by atoms with Crippen LogP contribution in [0.2, 0.25) is 0 Å². The molecule has 0 aromatic carbocycles. The van der Waals surface area contributed by atoms with Gasteiger partial charge >= 0.3 is 0 Å². The van der Waals surface area contributed by atoms with E-state index >= 15 is 0 Å². The number of piperazine rings is 1. The average Bonchev–Trinajstić information content (AvgIpc) is 3.20. The number of nitrogens with zero attached hydrogens (tertiary/aromatic N) is 4. The van der Waals surface area contributed by atoms with Gasteiger partial charge in [0.25, 0.3) is 15.6 Å². The average molecular weight is 496 g/mol. The SMILES string of the molecule is Cc1cc(Br)cnc1N1CCN(S(=O)(=O)c2ccc(-c3ccc(=O)[nH]n3)s2)CC1. The summed E-state index contributed by atoms with van der Waals surface area (Å²) in [5.41, 5.74) is 1.29. The molecule has 0 saturated carbocycles. The Morgan fingerprint density at radius 1 is 1.14 bits per heavy atom. The Morgan fingerprint density at radius 2 is 1.90 bits per heavy atom. The monoisotopic (exact) mass is 495 g/mol. The summed E-state index contributed by atoms with van der Waals surface area (Å²) < 4.78 is 28.8. The van der Waals surface area contributed by atoms with Crippen molar-refractivity contribution in [2.24, 2.45) is 0 Å². The van der Waals surface area contributed by atoms with Crippen LogP contribution in [0.4, 0.5) is 5.82 Å². The number of halogens is 1. The first-order chi connectivity index (χ1) is 13.8. The number of pyridine rings is 1. The molecular weight excluding hydrogens is 478 g/mol. The van der Waals surface area contributed by atoms with E-state index in [-0.39, 0.29) is 9.77 Å². The first-order valence-corrected chi connectivity index (χ1v) is 11.9. The second-order valence-electron chi connectivity index (χ2n) is 6.61. The largest absolute Gasteiger partial charge is 0.354 e. The normalized spacial score (nSPS) is 15.6. The van der Waals surface area contributed by atoms with E-state index in [0.717, 1.165) is 27.2 Å². The van der Waals surface area contributed by atoms with Gasteiger partial charge < -0.3 is 4.90 Å². The summed E-state index contributed by atoms with van der Waals surface area (Å²) in [7, 11) is -3.58. The summed E-state index contributed by atoms with van der Waals surface area (Å²) in [6, 6.07) is 8.25. The lowest BCUT2D eigenvalue weighted by Crippen LogP contribution is -2.49. The number of rotatable bonds is 4. The number of hydrogen-bond donors (Lipinski definition) is 1. The highest BCUT2D eigenvalue weighted by Crippen LogP contribution is 2.31. The fraction of sp³-hybridized carbons (Fsp3) is 0.278. The molecule has 152 valence electrons. The van der Waals surface area contributed by atoms with Gasteiger partial charge in [-0.05, 0) is 52.7 Å². The Morgan fingerprint density at radius 3 is 2.55 bits per heavy atom. The fourth-order valence-corrected chi connectivity index (χ4v) is 6.51. The Labute approximate surface area is 180 Å². The van der Waals surface area contributed by atoms with Gasteiger partial charge in [0.2, 0.25) is 0 Å². The van der Waals surface area contributed by atoms with Crippen molar-refractivity contribution in [1.82, 2.24) is 19.5 Å². The van der Waals surface area contributed by atoms with Crippen LogP contribution in [0.25, 0.3) is 10.6 Å². The number of aromatic amines is 1. The van der Waals surface area contributed by atoms with Gasteiger partial charge in [0.1, 0.15) is 15.7 Å². The predicted molar refractivity (Wildman–Crippen MR) is 116 cm³/mol. The van der Waals surface area contributed by atoms with E-state index in [4.69, 9.17) is 0 Å². The van der Waals surface area contributed by atoms with E-state index in [1.165, 1.54) is 10.4 Å². The van der Waals surface area contributed by atoms with Crippen molar-refractivity contribution in [3.8, 4) is 10.6 Å². The van der Waals surface area contributed by atoms with Gasteiger partial charge in [0.05, 0.1) is 4.88 Å². The van der Waals surface area contributed by atoms with Gasteiger partial charge in [0, 0.05) is 42.9 Å². The number of hydrogen-bond acceptors (Lipinski definition) is 7. The molecule has 0 spiro atoms. The molecule has 0 amide bonds. The Kier molecular flexibility index (Phi) is 5.56. The van der Waals surface area contributed by atoms with Crippen LogP contribution >= 0.6 is 27.3 Å². The first kappa shape index (κ1) is 20.2. The van der Waals surface area contributed by atoms with Crippen LogP contribution in [0.5, 0.6) is 0 Å². The van der Waals surface area contributed by atoms with Crippen LogP contribution in [0.1, 0.15) is 5.56 Å². The summed E-state index contributed by atoms with van der Waals surface area (Å²) in [5.74, 6) is 0.882. The Balaban J connectivity index is 1.49. The molecule has 3 aromatic rings. The second kappa shape index (κ2) is 7.98. The lowest BCUT2D eigenvalue weighted by Gasteiger charge is -2.35. The molecule has 4 rings (SSSR count). The zero-order valence-electron chi connectivity index (χ0n) is 15.5. The number of sulfonamides is 1. The van der Waals surface area contributed by atoms with Crippen LogP contribution in [-0.2, 0) is 10.0 Å². The van der Waals surface area contributed by atoms with Crippen LogP contribution in [-0.4, -0.2) is 54.1 Å². The smallest absolute Gasteiger partial charge is 0.264 e. The summed E-state index contributed by atoms with van der Waals surface area (Å²) in [5, 5.41) is 6.33. The third kappa shape index (κ3) is 4.13. The van der Waals surface area contributed by atoms with E-state index < -0.39 is 10.0 Å². The maximum absolute atomic E-state index is 13.1. The molecule has 0 radical (unpaired) electrons. The molecule has 1 aliphatic heterocycles. The number of aryl methyl sites for hydroxylation is 1. The highest BCUT2D eigenvalue weighted by molar-refractivity contribution is 9.10. The molecule has 8 nitrogen and oxygen atoms in total. The van der Waals surface area contributed by atoms with Crippen LogP contribution in [0, 0.1) is 6.92 Å². The fourth-order valence-electron chi connectivity index (χ4n) is 3.21. The number of H-pyrrole nitrogens is 1. The molecule has 11 heteroatoms. The van der Waals surface area contributed by atoms with Gasteiger partial charge in [-0.1, -0.05) is 0 Å². The highest BCUT2D eigenvalue weighted by atomic mass is 79.9. The van der Waals surface area contributed by atoms with Crippen molar-refractivity contribution in [1.29, 1.82) is 0 Å². The summed E-state index contributed by atoms with van der Waals surface area (Å²) in [6.07, 6.45) is 1.75. The quantitative estimate of drug-likeness (QED) is 0.596. The second-order valence-corrected chi connectivity index (χ2v) is 10.8. The molecule has 1 fully saturated rings. The number of anilines is 1. The molecule has 0 atom stereocenters. The van der Waals surface area contributed by atoms with Crippen LogP contribution < -0.4 is 10.5 Å². The summed E-state index contributed by atoms with van der Waals surface area (Å²) in [4.78, 5) is 18.4. The minimum atomic E-state index is -3.58. The van der Waals surface area contributed by atoms with Gasteiger partial charge in [0.15, 0.2) is 0 Å². The third-order valence-corrected chi connectivity index (χ3v) is 8.57. The van der Waals surface area contributed by atoms with Crippen molar-refractivity contribution in [3.63, 3.8) is 0 Å². The molecular formula is C18H18BrN5O3S2. The van der Waals surface area contributed by atoms with E-state index in [2.05, 4.69) is 36.0 Å². The van der Waals surface area contributed by atoms with Crippen molar-refractivity contribution >= 4 is 43.1 Å². The van der Waals surface area contributed by atoms with Crippen LogP contribution in [0.15, 0.2) is 50.0 Å². The number of thiophene rings is 1. The summed E-state index contributed by atoms with van der Waals surface area (Å²) >= 11 is 4.56. The number of aromatic nitrogens is 3. The maximum Gasteiger partial charge on any atom is 0.264 e. The van der Waals surface area contributed by atoms with Crippen molar-refractivity contribution in [2.75, 3.05) is 31.1 Å². The minimum Gasteiger partial charge on any atom is -0.354 e. The minimum absolute atomic E-state index is 0.270. The van der Waals surface area contributed by atoms with Gasteiger partial charge in [-0.25, -0.2) is 18.5 Å². The standard InChI is InChI=1S/C18H18BrN5O3S2/c1-12-10-13(19)11-20-18(12)23-6-8-24(9-7-23)29(26,27)17-5-3-15(28-17)14-2-4-16(25)22-21-14/h2-5,10-11H,6-9H2,1H3,(H,22,25). The van der Waals surface area contributed by atoms with E-state index in [9.17, 15) is 13.2 Å². The summed E-state index contributed by atoms with van der Waals surface area (Å²) in [6.45, 7) is 3.93. The molecule has 3 aromatic heterocycles.